The number of hydrogen-bond donors (Lipinski definition) is 2. The van der Waals surface area contributed by atoms with E-state index in [4.69, 9.17) is 5.73 Å². The third kappa shape index (κ3) is 3.51. The zero-order chi connectivity index (χ0) is 19.7. The van der Waals surface area contributed by atoms with E-state index in [0.717, 1.165) is 23.1 Å². The average molecular weight is 374 g/mol. The number of primary amides is 1. The van der Waals surface area contributed by atoms with E-state index in [1.807, 2.05) is 24.3 Å². The van der Waals surface area contributed by atoms with E-state index < -0.39 is 5.91 Å². The van der Waals surface area contributed by atoms with Gasteiger partial charge in [-0.05, 0) is 71.5 Å². The summed E-state index contributed by atoms with van der Waals surface area (Å²) in [6.45, 7) is 0. The zero-order valence-corrected chi connectivity index (χ0v) is 15.1. The molecule has 1 atom stereocenters. The number of fused-ring (bicyclic) bond motifs is 1. The molecule has 3 aromatic rings. The zero-order valence-electron chi connectivity index (χ0n) is 15.1. The van der Waals surface area contributed by atoms with Crippen LogP contribution in [0.2, 0.25) is 0 Å². The van der Waals surface area contributed by atoms with Gasteiger partial charge >= 0.3 is 0 Å². The molecule has 1 aliphatic carbocycles. The van der Waals surface area contributed by atoms with Crippen molar-refractivity contribution in [1.82, 2.24) is 5.32 Å². The number of carbonyl (C=O) groups is 2. The van der Waals surface area contributed by atoms with Crippen molar-refractivity contribution < 1.29 is 14.0 Å². The van der Waals surface area contributed by atoms with Crippen molar-refractivity contribution in [2.45, 2.75) is 18.9 Å². The summed E-state index contributed by atoms with van der Waals surface area (Å²) in [6, 6.07) is 18.8. The van der Waals surface area contributed by atoms with Crippen molar-refractivity contribution in [2.75, 3.05) is 0 Å². The number of halogens is 1. The minimum absolute atomic E-state index is 0.0342. The molecule has 1 unspecified atom stereocenters. The van der Waals surface area contributed by atoms with Gasteiger partial charge in [0, 0.05) is 17.2 Å². The van der Waals surface area contributed by atoms with Gasteiger partial charge in [0.05, 0.1) is 0 Å². The van der Waals surface area contributed by atoms with Crippen LogP contribution in [0.25, 0.3) is 11.1 Å². The van der Waals surface area contributed by atoms with E-state index in [1.54, 1.807) is 12.1 Å². The third-order valence-corrected chi connectivity index (χ3v) is 5.09. The Morgan fingerprint density at radius 1 is 0.929 bits per heavy atom. The van der Waals surface area contributed by atoms with Gasteiger partial charge in [-0.1, -0.05) is 30.3 Å². The largest absolute Gasteiger partial charge is 0.366 e. The molecule has 0 aromatic heterocycles. The van der Waals surface area contributed by atoms with E-state index in [1.165, 1.54) is 29.8 Å². The quantitative estimate of drug-likeness (QED) is 0.734. The summed E-state index contributed by atoms with van der Waals surface area (Å²) < 4.78 is 13.1. The Bertz CT molecular complexity index is 1060. The second-order valence-corrected chi connectivity index (χ2v) is 6.97. The number of nitrogens with one attached hydrogen (secondary N) is 1. The standard InChI is InChI=1S/C23H19FN2O2/c24-18-9-7-14(8-10-18)23(28)26-19-12-16-4-2-6-20(21(16)13-19)15-3-1-5-17(11-15)22(25)27/h1-11,19H,12-13H2,(H2,25,27)(H,26,28). The van der Waals surface area contributed by atoms with Crippen LogP contribution in [0.15, 0.2) is 66.7 Å². The van der Waals surface area contributed by atoms with Crippen LogP contribution >= 0.6 is 0 Å². The normalized spacial score (nSPS) is 15.1. The first-order valence-corrected chi connectivity index (χ1v) is 9.08. The van der Waals surface area contributed by atoms with Gasteiger partial charge in [0.1, 0.15) is 5.82 Å². The summed E-state index contributed by atoms with van der Waals surface area (Å²) in [5.41, 5.74) is 10.6. The van der Waals surface area contributed by atoms with Crippen LogP contribution in [0.5, 0.6) is 0 Å². The molecule has 5 heteroatoms. The predicted molar refractivity (Wildman–Crippen MR) is 105 cm³/mol. The lowest BCUT2D eigenvalue weighted by Crippen LogP contribution is -2.35. The van der Waals surface area contributed by atoms with Crippen molar-refractivity contribution in [1.29, 1.82) is 0 Å². The minimum atomic E-state index is -0.459. The van der Waals surface area contributed by atoms with Gasteiger partial charge in [0.25, 0.3) is 5.91 Å². The Labute approximate surface area is 162 Å². The van der Waals surface area contributed by atoms with Crippen molar-refractivity contribution in [3.8, 4) is 11.1 Å². The molecule has 0 radical (unpaired) electrons. The summed E-state index contributed by atoms with van der Waals surface area (Å²) in [4.78, 5) is 24.0. The number of hydrogen-bond acceptors (Lipinski definition) is 2. The highest BCUT2D eigenvalue weighted by Gasteiger charge is 2.25. The van der Waals surface area contributed by atoms with Crippen molar-refractivity contribution in [3.05, 3.63) is 94.8 Å². The van der Waals surface area contributed by atoms with Crippen molar-refractivity contribution >= 4 is 11.8 Å². The van der Waals surface area contributed by atoms with Crippen LogP contribution < -0.4 is 11.1 Å². The molecule has 0 spiro atoms. The second-order valence-electron chi connectivity index (χ2n) is 6.97. The summed E-state index contributed by atoms with van der Waals surface area (Å²) in [5.74, 6) is -1.04. The van der Waals surface area contributed by atoms with Crippen molar-refractivity contribution in [3.63, 3.8) is 0 Å². The smallest absolute Gasteiger partial charge is 0.251 e. The molecule has 0 heterocycles. The summed E-state index contributed by atoms with van der Waals surface area (Å²) >= 11 is 0. The molecular weight excluding hydrogens is 355 g/mol. The molecular formula is C23H19FN2O2. The molecule has 0 saturated heterocycles. The molecule has 4 nitrogen and oxygen atoms in total. The first-order chi connectivity index (χ1) is 13.5. The lowest BCUT2D eigenvalue weighted by atomic mass is 9.95. The predicted octanol–water partition coefficient (Wildman–Crippen LogP) is 3.49. The average Bonchev–Trinajstić information content (AvgIpc) is 3.10. The fraction of sp³-hybridized carbons (Fsp3) is 0.130. The highest BCUT2D eigenvalue weighted by atomic mass is 19.1. The maximum absolute atomic E-state index is 13.1. The Balaban J connectivity index is 1.56. The first kappa shape index (κ1) is 17.9. The fourth-order valence-corrected chi connectivity index (χ4v) is 3.73. The Morgan fingerprint density at radius 2 is 1.68 bits per heavy atom. The van der Waals surface area contributed by atoms with Crippen LogP contribution in [0.1, 0.15) is 31.8 Å². The highest BCUT2D eigenvalue weighted by Crippen LogP contribution is 2.33. The summed E-state index contributed by atoms with van der Waals surface area (Å²) in [6.07, 6.45) is 1.42. The Morgan fingerprint density at radius 3 is 2.43 bits per heavy atom. The fourth-order valence-electron chi connectivity index (χ4n) is 3.73. The topological polar surface area (TPSA) is 72.2 Å². The van der Waals surface area contributed by atoms with Crippen molar-refractivity contribution in [2.24, 2.45) is 5.73 Å². The number of nitrogens with two attached hydrogens (primary N) is 1. The minimum Gasteiger partial charge on any atom is -0.366 e. The van der Waals surface area contributed by atoms with E-state index in [9.17, 15) is 14.0 Å². The number of carbonyl (C=O) groups excluding carboxylic acids is 2. The molecule has 2 amide bonds. The van der Waals surface area contributed by atoms with Crippen LogP contribution in [0, 0.1) is 5.82 Å². The van der Waals surface area contributed by atoms with Gasteiger partial charge in [0.15, 0.2) is 0 Å². The van der Waals surface area contributed by atoms with Crippen LogP contribution in [0.4, 0.5) is 4.39 Å². The number of benzene rings is 3. The monoisotopic (exact) mass is 374 g/mol. The van der Waals surface area contributed by atoms with Gasteiger partial charge in [-0.25, -0.2) is 4.39 Å². The molecule has 3 aromatic carbocycles. The summed E-state index contributed by atoms with van der Waals surface area (Å²) in [7, 11) is 0. The third-order valence-electron chi connectivity index (χ3n) is 5.09. The van der Waals surface area contributed by atoms with E-state index in [2.05, 4.69) is 11.4 Å². The lowest BCUT2D eigenvalue weighted by molar-refractivity contribution is 0.0937. The van der Waals surface area contributed by atoms with Gasteiger partial charge in [-0.3, -0.25) is 9.59 Å². The maximum Gasteiger partial charge on any atom is 0.251 e. The van der Waals surface area contributed by atoms with E-state index in [-0.39, 0.29) is 17.8 Å². The van der Waals surface area contributed by atoms with E-state index in [0.29, 0.717) is 17.5 Å². The molecule has 28 heavy (non-hydrogen) atoms. The molecule has 4 rings (SSSR count). The molecule has 1 aliphatic rings. The Hall–Kier alpha value is -3.47. The highest BCUT2D eigenvalue weighted by molar-refractivity contribution is 5.95. The van der Waals surface area contributed by atoms with Gasteiger partial charge in [-0.15, -0.1) is 0 Å². The van der Waals surface area contributed by atoms with E-state index >= 15 is 0 Å². The van der Waals surface area contributed by atoms with Crippen LogP contribution in [-0.2, 0) is 12.8 Å². The van der Waals surface area contributed by atoms with Crippen LogP contribution in [0.3, 0.4) is 0 Å². The lowest BCUT2D eigenvalue weighted by Gasteiger charge is -2.13. The molecule has 3 N–H and O–H groups in total. The van der Waals surface area contributed by atoms with Gasteiger partial charge in [0.2, 0.25) is 5.91 Å². The SMILES string of the molecule is NC(=O)c1cccc(-c2cccc3c2CC(NC(=O)c2ccc(F)cc2)C3)c1. The second kappa shape index (κ2) is 7.27. The number of rotatable bonds is 4. The number of amides is 2. The molecule has 0 aliphatic heterocycles. The molecule has 0 bridgehead atoms. The summed E-state index contributed by atoms with van der Waals surface area (Å²) in [5, 5.41) is 3.03. The molecule has 0 saturated carbocycles. The Kier molecular flexibility index (Phi) is 4.65. The first-order valence-electron chi connectivity index (χ1n) is 9.08. The van der Waals surface area contributed by atoms with Gasteiger partial charge < -0.3 is 11.1 Å². The maximum atomic E-state index is 13.1. The molecule has 0 fully saturated rings. The van der Waals surface area contributed by atoms with Crippen LogP contribution in [-0.4, -0.2) is 17.9 Å². The van der Waals surface area contributed by atoms with Gasteiger partial charge in [-0.2, -0.15) is 0 Å². The molecule has 140 valence electrons.